The standard InChI is InChI=1S/C25H40N2O2/c1-6-9-24(28)20-26(15-8-17-29-5)19-23-10-7-16-27(23)18-21-11-13-22(14-12-21)25(2,3)4/h7,10-14,16,24,28H,6,8-9,15,17-20H2,1-5H3/p+1/t24-/m0/s1. The van der Waals surface area contributed by atoms with E-state index in [0.29, 0.717) is 0 Å². The van der Waals surface area contributed by atoms with Crippen LogP contribution in [0.15, 0.2) is 42.6 Å². The van der Waals surface area contributed by atoms with Gasteiger partial charge in [0.1, 0.15) is 19.2 Å². The summed E-state index contributed by atoms with van der Waals surface area (Å²) in [6, 6.07) is 13.3. The van der Waals surface area contributed by atoms with Crippen molar-refractivity contribution in [2.45, 2.75) is 71.6 Å². The Labute approximate surface area is 177 Å². The minimum atomic E-state index is -0.231. The Kier molecular flexibility index (Phi) is 9.41. The second-order valence-corrected chi connectivity index (χ2v) is 9.24. The fraction of sp³-hybridized carbons (Fsp3) is 0.600. The molecule has 2 rings (SSSR count). The van der Waals surface area contributed by atoms with Crippen molar-refractivity contribution in [2.75, 3.05) is 26.8 Å². The van der Waals surface area contributed by atoms with Gasteiger partial charge in [0, 0.05) is 26.3 Å². The van der Waals surface area contributed by atoms with Crippen LogP contribution in [0.2, 0.25) is 0 Å². The van der Waals surface area contributed by atoms with Crippen LogP contribution < -0.4 is 4.90 Å². The molecule has 0 amide bonds. The van der Waals surface area contributed by atoms with Crippen molar-refractivity contribution >= 4 is 0 Å². The Morgan fingerprint density at radius 3 is 2.48 bits per heavy atom. The Morgan fingerprint density at radius 2 is 1.86 bits per heavy atom. The molecule has 29 heavy (non-hydrogen) atoms. The SMILES string of the molecule is CCC[C@H](O)C[NH+](CCCOC)Cc1cccn1Cc1ccc(C(C)(C)C)cc1. The normalized spacial score (nSPS) is 14.1. The number of methoxy groups -OCH3 is 1. The number of nitrogens with zero attached hydrogens (tertiary/aromatic N) is 1. The largest absolute Gasteiger partial charge is 0.387 e. The first kappa shape index (κ1) is 23.7. The quantitative estimate of drug-likeness (QED) is 0.535. The Bertz CT molecular complexity index is 700. The first-order valence-corrected chi connectivity index (χ1v) is 11.1. The molecule has 0 aliphatic carbocycles. The van der Waals surface area contributed by atoms with E-state index in [1.165, 1.54) is 21.7 Å². The average Bonchev–Trinajstić information content (AvgIpc) is 3.08. The summed E-state index contributed by atoms with van der Waals surface area (Å²) >= 11 is 0. The molecule has 162 valence electrons. The van der Waals surface area contributed by atoms with Crippen molar-refractivity contribution in [3.8, 4) is 0 Å². The third kappa shape index (κ3) is 7.96. The van der Waals surface area contributed by atoms with Gasteiger partial charge in [0.15, 0.2) is 0 Å². The van der Waals surface area contributed by atoms with Gasteiger partial charge in [-0.25, -0.2) is 0 Å². The van der Waals surface area contributed by atoms with E-state index >= 15 is 0 Å². The summed E-state index contributed by atoms with van der Waals surface area (Å²) in [5.74, 6) is 0. The molecule has 2 N–H and O–H groups in total. The molecule has 1 aromatic carbocycles. The highest BCUT2D eigenvalue weighted by Crippen LogP contribution is 2.22. The summed E-state index contributed by atoms with van der Waals surface area (Å²) < 4.78 is 7.58. The zero-order chi connectivity index (χ0) is 21.3. The summed E-state index contributed by atoms with van der Waals surface area (Å²) in [6.07, 6.45) is 4.84. The maximum absolute atomic E-state index is 10.3. The number of nitrogens with one attached hydrogen (secondary N) is 1. The molecule has 2 atom stereocenters. The van der Waals surface area contributed by atoms with Gasteiger partial charge < -0.3 is 19.3 Å². The van der Waals surface area contributed by atoms with Gasteiger partial charge in [-0.15, -0.1) is 0 Å². The van der Waals surface area contributed by atoms with Gasteiger partial charge in [0.25, 0.3) is 0 Å². The van der Waals surface area contributed by atoms with Gasteiger partial charge in [-0.3, -0.25) is 0 Å². The number of hydrogen-bond donors (Lipinski definition) is 2. The first-order valence-electron chi connectivity index (χ1n) is 11.1. The van der Waals surface area contributed by atoms with Crippen LogP contribution in [-0.2, 0) is 23.2 Å². The molecular formula is C25H41N2O2+. The monoisotopic (exact) mass is 401 g/mol. The van der Waals surface area contributed by atoms with Crippen molar-refractivity contribution in [2.24, 2.45) is 0 Å². The second-order valence-electron chi connectivity index (χ2n) is 9.24. The van der Waals surface area contributed by atoms with E-state index in [0.717, 1.165) is 52.0 Å². The molecule has 1 heterocycles. The number of aliphatic hydroxyl groups excluding tert-OH is 1. The fourth-order valence-corrected chi connectivity index (χ4v) is 3.82. The molecule has 4 nitrogen and oxygen atoms in total. The molecule has 0 aliphatic heterocycles. The molecule has 4 heteroatoms. The van der Waals surface area contributed by atoms with Crippen molar-refractivity contribution in [3.63, 3.8) is 0 Å². The molecular weight excluding hydrogens is 360 g/mol. The molecule has 0 fully saturated rings. The lowest BCUT2D eigenvalue weighted by atomic mass is 9.87. The predicted molar refractivity (Wildman–Crippen MR) is 120 cm³/mol. The van der Waals surface area contributed by atoms with Crippen LogP contribution in [0.4, 0.5) is 0 Å². The minimum Gasteiger partial charge on any atom is -0.387 e. The van der Waals surface area contributed by atoms with Crippen molar-refractivity contribution in [1.29, 1.82) is 0 Å². The number of aliphatic hydroxyl groups is 1. The second kappa shape index (κ2) is 11.5. The molecule has 1 aromatic heterocycles. The van der Waals surface area contributed by atoms with Crippen LogP contribution in [0.3, 0.4) is 0 Å². The van der Waals surface area contributed by atoms with Crippen molar-refractivity contribution in [1.82, 2.24) is 4.57 Å². The topological polar surface area (TPSA) is 38.8 Å². The van der Waals surface area contributed by atoms with Gasteiger partial charge in [0.2, 0.25) is 0 Å². The van der Waals surface area contributed by atoms with Crippen LogP contribution in [0.25, 0.3) is 0 Å². The maximum atomic E-state index is 10.3. The molecule has 0 aliphatic rings. The molecule has 1 unspecified atom stereocenters. The first-order chi connectivity index (χ1) is 13.8. The van der Waals surface area contributed by atoms with Crippen LogP contribution >= 0.6 is 0 Å². The van der Waals surface area contributed by atoms with Crippen molar-refractivity contribution in [3.05, 3.63) is 59.4 Å². The lowest BCUT2D eigenvalue weighted by Gasteiger charge is -2.23. The van der Waals surface area contributed by atoms with Crippen LogP contribution in [0, 0.1) is 0 Å². The average molecular weight is 402 g/mol. The molecule has 0 radical (unpaired) electrons. The van der Waals surface area contributed by atoms with Gasteiger partial charge in [0.05, 0.1) is 18.8 Å². The van der Waals surface area contributed by atoms with E-state index in [4.69, 9.17) is 4.74 Å². The molecule has 0 bridgehead atoms. The van der Waals surface area contributed by atoms with Crippen LogP contribution in [0.5, 0.6) is 0 Å². The van der Waals surface area contributed by atoms with E-state index in [1.807, 2.05) is 0 Å². The number of aromatic nitrogens is 1. The van der Waals surface area contributed by atoms with Crippen LogP contribution in [0.1, 0.15) is 63.8 Å². The number of quaternary nitrogens is 1. The van der Waals surface area contributed by atoms with E-state index in [-0.39, 0.29) is 11.5 Å². The van der Waals surface area contributed by atoms with Crippen LogP contribution in [-0.4, -0.2) is 42.6 Å². The highest BCUT2D eigenvalue weighted by Gasteiger charge is 2.17. The van der Waals surface area contributed by atoms with Crippen molar-refractivity contribution < 1.29 is 14.7 Å². The summed E-state index contributed by atoms with van der Waals surface area (Å²) in [7, 11) is 1.75. The number of ether oxygens (including phenoxy) is 1. The number of hydrogen-bond acceptors (Lipinski definition) is 2. The minimum absolute atomic E-state index is 0.183. The van der Waals surface area contributed by atoms with E-state index in [1.54, 1.807) is 7.11 Å². The Morgan fingerprint density at radius 1 is 1.14 bits per heavy atom. The zero-order valence-corrected chi connectivity index (χ0v) is 19.1. The summed E-state index contributed by atoms with van der Waals surface area (Å²) in [5.41, 5.74) is 4.19. The summed E-state index contributed by atoms with van der Waals surface area (Å²) in [5, 5.41) is 10.3. The van der Waals surface area contributed by atoms with Gasteiger partial charge in [-0.05, 0) is 35.1 Å². The molecule has 2 aromatic rings. The molecule has 0 spiro atoms. The van der Waals surface area contributed by atoms with Gasteiger partial charge >= 0.3 is 0 Å². The Hall–Kier alpha value is -1.62. The highest BCUT2D eigenvalue weighted by atomic mass is 16.5. The smallest absolute Gasteiger partial charge is 0.118 e. The highest BCUT2D eigenvalue weighted by molar-refractivity contribution is 5.28. The molecule has 0 saturated heterocycles. The Balaban J connectivity index is 2.05. The van der Waals surface area contributed by atoms with E-state index in [2.05, 4.69) is 74.9 Å². The lowest BCUT2D eigenvalue weighted by molar-refractivity contribution is -0.917. The third-order valence-electron chi connectivity index (χ3n) is 5.55. The lowest BCUT2D eigenvalue weighted by Crippen LogP contribution is -3.12. The summed E-state index contributed by atoms with van der Waals surface area (Å²) in [6.45, 7) is 13.3. The third-order valence-corrected chi connectivity index (χ3v) is 5.55. The number of benzene rings is 1. The molecule has 0 saturated carbocycles. The van der Waals surface area contributed by atoms with E-state index in [9.17, 15) is 5.11 Å². The van der Waals surface area contributed by atoms with Gasteiger partial charge in [-0.1, -0.05) is 58.4 Å². The van der Waals surface area contributed by atoms with E-state index < -0.39 is 0 Å². The maximum Gasteiger partial charge on any atom is 0.118 e. The predicted octanol–water partition coefficient (Wildman–Crippen LogP) is 3.42. The zero-order valence-electron chi connectivity index (χ0n) is 19.1. The summed E-state index contributed by atoms with van der Waals surface area (Å²) in [4.78, 5) is 1.42. The van der Waals surface area contributed by atoms with Gasteiger partial charge in [-0.2, -0.15) is 0 Å². The fourth-order valence-electron chi connectivity index (χ4n) is 3.82. The number of rotatable bonds is 12.